The van der Waals surface area contributed by atoms with Gasteiger partial charge in [-0.05, 0) is 37.7 Å². The number of aromatic nitrogens is 2. The summed E-state index contributed by atoms with van der Waals surface area (Å²) in [5, 5.41) is 7.41. The van der Waals surface area contributed by atoms with E-state index in [1.54, 1.807) is 6.20 Å². The maximum absolute atomic E-state index is 12.5. The summed E-state index contributed by atoms with van der Waals surface area (Å²) in [6.07, 6.45) is 5.16. The Hall–Kier alpha value is -1.60. The fourth-order valence-corrected chi connectivity index (χ4v) is 3.29. The Kier molecular flexibility index (Phi) is 10.5. The van der Waals surface area contributed by atoms with Crippen LogP contribution in [-0.2, 0) is 11.2 Å². The normalized spacial score (nSPS) is 14.1. The first kappa shape index (κ1) is 24.4. The number of nitrogens with two attached hydrogens (primary N) is 1. The summed E-state index contributed by atoms with van der Waals surface area (Å²) < 4.78 is 1.94. The number of nitrogens with zero attached hydrogens (tertiary/aromatic N) is 3. The minimum Gasteiger partial charge on any atom is -0.329 e. The van der Waals surface area contributed by atoms with E-state index >= 15 is 0 Å². The summed E-state index contributed by atoms with van der Waals surface area (Å²) in [6, 6.07) is 12.5. The zero-order chi connectivity index (χ0) is 18.4. The molecule has 2 aromatic rings. The summed E-state index contributed by atoms with van der Waals surface area (Å²) in [5.74, 6) is 1.45. The van der Waals surface area contributed by atoms with E-state index in [2.05, 4.69) is 34.4 Å². The monoisotopic (exact) mass is 427 g/mol. The maximum atomic E-state index is 12.5. The highest BCUT2D eigenvalue weighted by Crippen LogP contribution is 2.40. The molecule has 0 aliphatic heterocycles. The molecule has 0 bridgehead atoms. The van der Waals surface area contributed by atoms with Crippen LogP contribution in [0.4, 0.5) is 5.82 Å². The van der Waals surface area contributed by atoms with Gasteiger partial charge in [-0.2, -0.15) is 5.10 Å². The van der Waals surface area contributed by atoms with Crippen molar-refractivity contribution >= 4 is 36.5 Å². The second-order valence-corrected chi connectivity index (χ2v) is 7.09. The van der Waals surface area contributed by atoms with E-state index in [-0.39, 0.29) is 30.7 Å². The second kappa shape index (κ2) is 12.1. The number of anilines is 1. The van der Waals surface area contributed by atoms with Gasteiger partial charge in [-0.1, -0.05) is 30.3 Å². The van der Waals surface area contributed by atoms with Crippen molar-refractivity contribution in [2.45, 2.75) is 32.2 Å². The Morgan fingerprint density at radius 2 is 1.96 bits per heavy atom. The van der Waals surface area contributed by atoms with Crippen LogP contribution < -0.4 is 11.1 Å². The van der Waals surface area contributed by atoms with Gasteiger partial charge in [0.1, 0.15) is 5.82 Å². The van der Waals surface area contributed by atoms with Crippen LogP contribution in [0.5, 0.6) is 0 Å². The first-order valence-electron chi connectivity index (χ1n) is 9.47. The third-order valence-corrected chi connectivity index (χ3v) is 5.00. The van der Waals surface area contributed by atoms with Crippen LogP contribution in [0.25, 0.3) is 0 Å². The van der Waals surface area contributed by atoms with E-state index < -0.39 is 0 Å². The van der Waals surface area contributed by atoms with Crippen LogP contribution in [0.15, 0.2) is 42.6 Å². The molecule has 0 spiro atoms. The SMILES string of the molecule is CC(C1CC1)n1nccc1NC(=O)CN(CCN)CCc1ccccc1.Cl.Cl. The van der Waals surface area contributed by atoms with Crippen molar-refractivity contribution in [3.63, 3.8) is 0 Å². The lowest BCUT2D eigenvalue weighted by molar-refractivity contribution is -0.117. The van der Waals surface area contributed by atoms with Crippen molar-refractivity contribution in [3.05, 3.63) is 48.2 Å². The Labute approximate surface area is 179 Å². The lowest BCUT2D eigenvalue weighted by Gasteiger charge is -2.21. The fraction of sp³-hybridized carbons (Fsp3) is 0.500. The first-order valence-corrected chi connectivity index (χ1v) is 9.47. The van der Waals surface area contributed by atoms with Gasteiger partial charge in [0.15, 0.2) is 0 Å². The van der Waals surface area contributed by atoms with Gasteiger partial charge in [-0.15, -0.1) is 24.8 Å². The molecule has 1 atom stereocenters. The van der Waals surface area contributed by atoms with Gasteiger partial charge < -0.3 is 11.1 Å². The minimum absolute atomic E-state index is 0. The molecule has 3 N–H and O–H groups in total. The fourth-order valence-electron chi connectivity index (χ4n) is 3.29. The molecule has 156 valence electrons. The summed E-state index contributed by atoms with van der Waals surface area (Å²) in [7, 11) is 0. The Morgan fingerprint density at radius 1 is 1.25 bits per heavy atom. The Bertz CT molecular complexity index is 706. The number of rotatable bonds is 10. The summed E-state index contributed by atoms with van der Waals surface area (Å²) >= 11 is 0. The number of hydrogen-bond acceptors (Lipinski definition) is 4. The molecule has 1 aliphatic carbocycles. The summed E-state index contributed by atoms with van der Waals surface area (Å²) in [4.78, 5) is 14.6. The van der Waals surface area contributed by atoms with Crippen molar-refractivity contribution in [2.24, 2.45) is 11.7 Å². The Balaban J connectivity index is 0.00000196. The predicted molar refractivity (Wildman–Crippen MR) is 118 cm³/mol. The van der Waals surface area contributed by atoms with E-state index in [9.17, 15) is 4.79 Å². The molecule has 0 radical (unpaired) electrons. The minimum atomic E-state index is -0.0174. The lowest BCUT2D eigenvalue weighted by atomic mass is 10.1. The van der Waals surface area contributed by atoms with Crippen molar-refractivity contribution in [1.82, 2.24) is 14.7 Å². The molecular weight excluding hydrogens is 397 g/mol. The molecule has 28 heavy (non-hydrogen) atoms. The van der Waals surface area contributed by atoms with Crippen LogP contribution in [-0.4, -0.2) is 46.8 Å². The van der Waals surface area contributed by atoms with Crippen LogP contribution in [0.3, 0.4) is 0 Å². The predicted octanol–water partition coefficient (Wildman–Crippen LogP) is 3.14. The van der Waals surface area contributed by atoms with Gasteiger partial charge >= 0.3 is 0 Å². The standard InChI is InChI=1S/C20H29N5O.2ClH/c1-16(18-7-8-18)25-19(9-12-22-25)23-20(26)15-24(14-11-21)13-10-17-5-3-2-4-6-17;;/h2-6,9,12,16,18H,7-8,10-11,13-15,21H2,1H3,(H,23,26);2*1H. The number of nitrogens with one attached hydrogen (secondary N) is 1. The molecule has 1 fully saturated rings. The van der Waals surface area contributed by atoms with Crippen molar-refractivity contribution in [1.29, 1.82) is 0 Å². The quantitative estimate of drug-likeness (QED) is 0.610. The van der Waals surface area contributed by atoms with Crippen molar-refractivity contribution in [3.8, 4) is 0 Å². The van der Waals surface area contributed by atoms with Gasteiger partial charge in [0.05, 0.1) is 18.8 Å². The molecule has 3 rings (SSSR count). The van der Waals surface area contributed by atoms with Gasteiger partial charge in [0, 0.05) is 25.7 Å². The molecule has 1 amide bonds. The van der Waals surface area contributed by atoms with Crippen molar-refractivity contribution in [2.75, 3.05) is 31.5 Å². The number of amides is 1. The zero-order valence-electron chi connectivity index (χ0n) is 16.3. The van der Waals surface area contributed by atoms with Gasteiger partial charge in [0.25, 0.3) is 0 Å². The zero-order valence-corrected chi connectivity index (χ0v) is 17.9. The molecule has 1 heterocycles. The maximum Gasteiger partial charge on any atom is 0.239 e. The van der Waals surface area contributed by atoms with Gasteiger partial charge in [0.2, 0.25) is 5.91 Å². The third kappa shape index (κ3) is 7.09. The molecule has 6 nitrogen and oxygen atoms in total. The first-order chi connectivity index (χ1) is 12.7. The second-order valence-electron chi connectivity index (χ2n) is 7.09. The molecule has 1 unspecified atom stereocenters. The number of benzene rings is 1. The van der Waals surface area contributed by atoms with Gasteiger partial charge in [-0.3, -0.25) is 9.69 Å². The number of carbonyl (C=O) groups is 1. The highest BCUT2D eigenvalue weighted by molar-refractivity contribution is 5.91. The molecule has 1 saturated carbocycles. The average Bonchev–Trinajstić information content (AvgIpc) is 3.40. The van der Waals surface area contributed by atoms with Crippen LogP contribution >= 0.6 is 24.8 Å². The molecule has 1 aromatic carbocycles. The number of hydrogen-bond donors (Lipinski definition) is 2. The molecule has 8 heteroatoms. The molecule has 1 aliphatic rings. The van der Waals surface area contributed by atoms with Gasteiger partial charge in [-0.25, -0.2) is 4.68 Å². The van der Waals surface area contributed by atoms with E-state index in [1.165, 1.54) is 18.4 Å². The summed E-state index contributed by atoms with van der Waals surface area (Å²) in [6.45, 7) is 4.57. The van der Waals surface area contributed by atoms with E-state index in [1.807, 2.05) is 28.9 Å². The van der Waals surface area contributed by atoms with Crippen LogP contribution in [0.1, 0.15) is 31.4 Å². The smallest absolute Gasteiger partial charge is 0.239 e. The highest BCUT2D eigenvalue weighted by atomic mass is 35.5. The van der Waals surface area contributed by atoms with Crippen molar-refractivity contribution < 1.29 is 4.79 Å². The summed E-state index contributed by atoms with van der Waals surface area (Å²) in [5.41, 5.74) is 7.00. The van der Waals surface area contributed by atoms with Crippen LogP contribution in [0, 0.1) is 5.92 Å². The topological polar surface area (TPSA) is 76.2 Å². The number of halogens is 2. The Morgan fingerprint density at radius 3 is 2.61 bits per heavy atom. The van der Waals surface area contributed by atoms with E-state index in [0.717, 1.165) is 18.8 Å². The molecular formula is C20H31Cl2N5O. The molecule has 0 saturated heterocycles. The third-order valence-electron chi connectivity index (χ3n) is 5.00. The largest absolute Gasteiger partial charge is 0.329 e. The van der Waals surface area contributed by atoms with Crippen LogP contribution in [0.2, 0.25) is 0 Å². The average molecular weight is 428 g/mol. The number of carbonyl (C=O) groups excluding carboxylic acids is 1. The lowest BCUT2D eigenvalue weighted by Crippen LogP contribution is -2.38. The molecule has 1 aromatic heterocycles. The van der Waals surface area contributed by atoms with E-state index in [4.69, 9.17) is 5.73 Å². The van der Waals surface area contributed by atoms with E-state index in [0.29, 0.717) is 31.6 Å². The highest BCUT2D eigenvalue weighted by Gasteiger charge is 2.30.